The number of Topliss-reactive ketones (excluding diaryl/α,β-unsaturated/α-hetero) is 1. The van der Waals surface area contributed by atoms with Crippen molar-refractivity contribution in [2.24, 2.45) is 10.5 Å². The third kappa shape index (κ3) is 3.89. The van der Waals surface area contributed by atoms with Gasteiger partial charge in [-0.05, 0) is 36.1 Å². The Labute approximate surface area is 145 Å². The number of rotatable bonds is 3. The smallest absolute Gasteiger partial charge is 0.287 e. The molecule has 1 aromatic carbocycles. The van der Waals surface area contributed by atoms with Crippen molar-refractivity contribution in [3.05, 3.63) is 56.6 Å². The van der Waals surface area contributed by atoms with E-state index in [1.54, 1.807) is 6.08 Å². The van der Waals surface area contributed by atoms with E-state index in [2.05, 4.69) is 10.5 Å². The van der Waals surface area contributed by atoms with Gasteiger partial charge in [0.1, 0.15) is 11.4 Å². The fourth-order valence-corrected chi connectivity index (χ4v) is 2.43. The van der Waals surface area contributed by atoms with Crippen LogP contribution in [0.15, 0.2) is 46.6 Å². The minimum Gasteiger partial charge on any atom is -0.287 e. The predicted octanol–water partition coefficient (Wildman–Crippen LogP) is 4.52. The highest BCUT2D eigenvalue weighted by molar-refractivity contribution is 6.51. The number of carbonyl (C=O) groups is 1. The van der Waals surface area contributed by atoms with Crippen LogP contribution in [-0.4, -0.2) is 16.4 Å². The topological polar surface area (TPSA) is 84.6 Å². The zero-order valence-electron chi connectivity index (χ0n) is 13.9. The fourth-order valence-electron chi connectivity index (χ4n) is 2.27. The number of nitro benzene ring substituents is 1. The van der Waals surface area contributed by atoms with E-state index in [0.29, 0.717) is 5.57 Å². The second-order valence-corrected chi connectivity index (χ2v) is 6.99. The molecule has 7 heteroatoms. The predicted molar refractivity (Wildman–Crippen MR) is 95.5 cm³/mol. The van der Waals surface area contributed by atoms with Gasteiger partial charge in [-0.1, -0.05) is 38.4 Å². The van der Waals surface area contributed by atoms with Crippen LogP contribution in [0.5, 0.6) is 0 Å². The van der Waals surface area contributed by atoms with E-state index in [9.17, 15) is 14.9 Å². The number of nitrogens with one attached hydrogen (secondary N) is 1. The number of anilines is 1. The Morgan fingerprint density at radius 3 is 2.50 bits per heavy atom. The van der Waals surface area contributed by atoms with Gasteiger partial charge in [-0.2, -0.15) is 5.10 Å². The van der Waals surface area contributed by atoms with Gasteiger partial charge in [0.25, 0.3) is 5.69 Å². The SMILES string of the molecule is CC1=C/C(=N\Nc2ccc(Cl)cc2[N+](=O)[O-])C(=O)C(C(C)(C)C)=C1. The summed E-state index contributed by atoms with van der Waals surface area (Å²) in [5, 5.41) is 15.4. The van der Waals surface area contributed by atoms with Gasteiger partial charge in [-0.15, -0.1) is 0 Å². The van der Waals surface area contributed by atoms with Gasteiger partial charge in [-0.3, -0.25) is 20.3 Å². The summed E-state index contributed by atoms with van der Waals surface area (Å²) in [6, 6.07) is 4.20. The van der Waals surface area contributed by atoms with Crippen molar-refractivity contribution in [1.29, 1.82) is 0 Å². The molecule has 0 bridgehead atoms. The Bertz CT molecular complexity index is 802. The molecule has 1 aromatic rings. The molecule has 126 valence electrons. The van der Waals surface area contributed by atoms with E-state index in [-0.39, 0.29) is 33.3 Å². The highest BCUT2D eigenvalue weighted by atomic mass is 35.5. The normalized spacial score (nSPS) is 16.7. The van der Waals surface area contributed by atoms with E-state index in [4.69, 9.17) is 11.6 Å². The molecule has 1 N–H and O–H groups in total. The molecule has 0 unspecified atom stereocenters. The van der Waals surface area contributed by atoms with Crippen molar-refractivity contribution in [3.8, 4) is 0 Å². The minimum atomic E-state index is -0.557. The zero-order valence-corrected chi connectivity index (χ0v) is 14.6. The summed E-state index contributed by atoms with van der Waals surface area (Å²) in [7, 11) is 0. The Kier molecular flexibility index (Phi) is 4.89. The molecule has 0 saturated carbocycles. The van der Waals surface area contributed by atoms with Crippen LogP contribution >= 0.6 is 11.6 Å². The van der Waals surface area contributed by atoms with Gasteiger partial charge in [-0.25, -0.2) is 0 Å². The molecule has 24 heavy (non-hydrogen) atoms. The van der Waals surface area contributed by atoms with Crippen LogP contribution in [-0.2, 0) is 4.79 Å². The summed E-state index contributed by atoms with van der Waals surface area (Å²) in [4.78, 5) is 23.1. The van der Waals surface area contributed by atoms with Crippen LogP contribution in [0.3, 0.4) is 0 Å². The summed E-state index contributed by atoms with van der Waals surface area (Å²) in [5.41, 5.74) is 4.01. The van der Waals surface area contributed by atoms with Crippen LogP contribution in [0, 0.1) is 15.5 Å². The van der Waals surface area contributed by atoms with Crippen LogP contribution in [0.4, 0.5) is 11.4 Å². The molecular weight excluding hydrogens is 330 g/mol. The summed E-state index contributed by atoms with van der Waals surface area (Å²) >= 11 is 5.78. The van der Waals surface area contributed by atoms with E-state index < -0.39 is 4.92 Å². The molecule has 2 rings (SSSR count). The maximum Gasteiger partial charge on any atom is 0.295 e. The molecular formula is C17H18ClN3O3. The maximum atomic E-state index is 12.6. The first-order valence-corrected chi connectivity index (χ1v) is 7.70. The van der Waals surface area contributed by atoms with Gasteiger partial charge < -0.3 is 0 Å². The third-order valence-electron chi connectivity index (χ3n) is 3.47. The van der Waals surface area contributed by atoms with Crippen molar-refractivity contribution >= 4 is 34.5 Å². The quantitative estimate of drug-likeness (QED) is 0.495. The molecule has 0 aliphatic heterocycles. The molecule has 0 aromatic heterocycles. The number of hydrazone groups is 1. The van der Waals surface area contributed by atoms with Gasteiger partial charge in [0.05, 0.1) is 4.92 Å². The standard InChI is InChI=1S/C17H18ClN3O3/c1-10-7-12(17(2,3)4)16(22)14(8-10)20-19-13-6-5-11(18)9-15(13)21(23)24/h5-9,19H,1-4H3/b20-14+. The molecule has 0 fully saturated rings. The van der Waals surface area contributed by atoms with Crippen molar-refractivity contribution < 1.29 is 9.72 Å². The second kappa shape index (κ2) is 6.57. The fraction of sp³-hybridized carbons (Fsp3) is 0.294. The molecule has 0 atom stereocenters. The molecule has 0 saturated heterocycles. The number of nitrogens with zero attached hydrogens (tertiary/aromatic N) is 2. The van der Waals surface area contributed by atoms with Crippen LogP contribution < -0.4 is 5.43 Å². The Hall–Kier alpha value is -2.47. The largest absolute Gasteiger partial charge is 0.295 e. The second-order valence-electron chi connectivity index (χ2n) is 6.55. The maximum absolute atomic E-state index is 12.6. The molecule has 0 radical (unpaired) electrons. The average Bonchev–Trinajstić information content (AvgIpc) is 2.47. The van der Waals surface area contributed by atoms with Crippen LogP contribution in [0.2, 0.25) is 5.02 Å². The number of nitro groups is 1. The lowest BCUT2D eigenvalue weighted by molar-refractivity contribution is -0.383. The first-order chi connectivity index (χ1) is 11.1. The number of carbonyl (C=O) groups excluding carboxylic acids is 1. The van der Waals surface area contributed by atoms with Gasteiger partial charge >= 0.3 is 0 Å². The van der Waals surface area contributed by atoms with Crippen molar-refractivity contribution in [3.63, 3.8) is 0 Å². The number of hydrogen-bond acceptors (Lipinski definition) is 5. The van der Waals surface area contributed by atoms with Crippen molar-refractivity contribution in [2.75, 3.05) is 5.43 Å². The highest BCUT2D eigenvalue weighted by Gasteiger charge is 2.29. The molecule has 1 aliphatic rings. The first kappa shape index (κ1) is 17.9. The van der Waals surface area contributed by atoms with Gasteiger partial charge in [0, 0.05) is 16.7 Å². The monoisotopic (exact) mass is 347 g/mol. The molecule has 0 heterocycles. The van der Waals surface area contributed by atoms with Gasteiger partial charge in [0.15, 0.2) is 0 Å². The molecule has 1 aliphatic carbocycles. The molecule has 6 nitrogen and oxygen atoms in total. The summed E-state index contributed by atoms with van der Waals surface area (Å²) in [6.45, 7) is 7.72. The minimum absolute atomic E-state index is 0.169. The number of ketones is 1. The summed E-state index contributed by atoms with van der Waals surface area (Å²) in [5.74, 6) is -0.197. The summed E-state index contributed by atoms with van der Waals surface area (Å²) < 4.78 is 0. The first-order valence-electron chi connectivity index (χ1n) is 7.32. The lowest BCUT2D eigenvalue weighted by atomic mass is 9.79. The number of hydrogen-bond donors (Lipinski definition) is 1. The van der Waals surface area contributed by atoms with Gasteiger partial charge in [0.2, 0.25) is 5.78 Å². The van der Waals surface area contributed by atoms with E-state index in [0.717, 1.165) is 5.57 Å². The number of allylic oxidation sites excluding steroid dienone is 4. The molecule has 0 amide bonds. The summed E-state index contributed by atoms with van der Waals surface area (Å²) in [6.07, 6.45) is 3.48. The van der Waals surface area contributed by atoms with Crippen LogP contribution in [0.25, 0.3) is 0 Å². The Balaban J connectivity index is 2.36. The number of halogens is 1. The Morgan fingerprint density at radius 1 is 1.25 bits per heavy atom. The average molecular weight is 348 g/mol. The highest BCUT2D eigenvalue weighted by Crippen LogP contribution is 2.31. The number of benzene rings is 1. The van der Waals surface area contributed by atoms with E-state index in [1.165, 1.54) is 18.2 Å². The van der Waals surface area contributed by atoms with Crippen molar-refractivity contribution in [1.82, 2.24) is 0 Å². The lowest BCUT2D eigenvalue weighted by Gasteiger charge is -2.24. The Morgan fingerprint density at radius 2 is 1.92 bits per heavy atom. The third-order valence-corrected chi connectivity index (χ3v) is 3.71. The molecule has 0 spiro atoms. The lowest BCUT2D eigenvalue weighted by Crippen LogP contribution is -2.27. The van der Waals surface area contributed by atoms with Crippen molar-refractivity contribution in [2.45, 2.75) is 27.7 Å². The van der Waals surface area contributed by atoms with E-state index in [1.807, 2.05) is 33.8 Å². The van der Waals surface area contributed by atoms with E-state index >= 15 is 0 Å². The zero-order chi connectivity index (χ0) is 18.1. The van der Waals surface area contributed by atoms with Crippen LogP contribution in [0.1, 0.15) is 27.7 Å².